The lowest BCUT2D eigenvalue weighted by Gasteiger charge is -2.19. The molecule has 1 amide bonds. The Labute approximate surface area is 205 Å². The van der Waals surface area contributed by atoms with E-state index >= 15 is 0 Å². The fourth-order valence-corrected chi connectivity index (χ4v) is 4.81. The normalized spacial score (nSPS) is 13.9. The molecule has 1 aromatic carbocycles. The number of aryl methyl sites for hydroxylation is 3. The molecule has 190 valence electrons. The number of nitrogens with zero attached hydrogens (tertiary/aromatic N) is 2. The topological polar surface area (TPSA) is 124 Å². The molecular weight excluding hydrogens is 497 g/mol. The van der Waals surface area contributed by atoms with Crippen LogP contribution in [-0.2, 0) is 16.2 Å². The van der Waals surface area contributed by atoms with Gasteiger partial charge in [0.1, 0.15) is 17.1 Å². The molecule has 1 aliphatic rings. The number of halogens is 3. The first kappa shape index (κ1) is 25.4. The number of carbonyl (C=O) groups excluding carboxylic acids is 1. The number of alkyl halides is 3. The number of hydrogen-bond donors (Lipinski definition) is 2. The van der Waals surface area contributed by atoms with E-state index in [1.807, 2.05) is 6.92 Å². The molecule has 1 fully saturated rings. The number of anilines is 1. The van der Waals surface area contributed by atoms with Crippen molar-refractivity contribution in [3.8, 4) is 11.6 Å². The number of nitrogen functional groups attached to an aromatic ring is 1. The van der Waals surface area contributed by atoms with Crippen LogP contribution in [0.5, 0.6) is 11.6 Å². The number of amides is 1. The zero-order valence-corrected chi connectivity index (χ0v) is 20.4. The average molecular weight is 521 g/mol. The Balaban J connectivity index is 1.86. The van der Waals surface area contributed by atoms with Crippen LogP contribution in [0.1, 0.15) is 57.1 Å². The van der Waals surface area contributed by atoms with Crippen LogP contribution in [0.25, 0.3) is 0 Å². The summed E-state index contributed by atoms with van der Waals surface area (Å²) >= 11 is 0. The number of carbonyl (C=O) groups is 1. The van der Waals surface area contributed by atoms with E-state index in [4.69, 9.17) is 10.5 Å². The molecule has 3 N–H and O–H groups in total. The van der Waals surface area contributed by atoms with Gasteiger partial charge in [0.2, 0.25) is 5.88 Å². The zero-order chi connectivity index (χ0) is 26.4. The van der Waals surface area contributed by atoms with E-state index in [0.29, 0.717) is 24.0 Å². The van der Waals surface area contributed by atoms with Gasteiger partial charge in [-0.3, -0.25) is 4.79 Å². The molecule has 0 bridgehead atoms. The van der Waals surface area contributed by atoms with Crippen molar-refractivity contribution in [2.75, 3.05) is 5.73 Å². The van der Waals surface area contributed by atoms with Gasteiger partial charge in [0.25, 0.3) is 15.9 Å². The van der Waals surface area contributed by atoms with Crippen molar-refractivity contribution in [1.29, 1.82) is 0 Å². The summed E-state index contributed by atoms with van der Waals surface area (Å²) in [6.45, 7) is 5.27. The number of benzene rings is 1. The number of hydrogen-bond acceptors (Lipinski definition) is 7. The van der Waals surface area contributed by atoms with E-state index in [-0.39, 0.29) is 23.2 Å². The third-order valence-electron chi connectivity index (χ3n) is 5.59. The molecule has 0 unspecified atom stereocenters. The van der Waals surface area contributed by atoms with Gasteiger partial charge in [0, 0.05) is 11.6 Å². The van der Waals surface area contributed by atoms with Crippen LogP contribution in [-0.4, -0.2) is 24.3 Å². The monoisotopic (exact) mass is 520 g/mol. The molecule has 0 aliphatic heterocycles. The van der Waals surface area contributed by atoms with Gasteiger partial charge in [0.15, 0.2) is 5.03 Å². The third-order valence-corrected chi connectivity index (χ3v) is 6.82. The van der Waals surface area contributed by atoms with Crippen molar-refractivity contribution in [3.05, 3.63) is 69.9 Å². The van der Waals surface area contributed by atoms with Crippen molar-refractivity contribution >= 4 is 21.7 Å². The number of sulfonamides is 1. The van der Waals surface area contributed by atoms with Crippen LogP contribution in [0.2, 0.25) is 0 Å². The molecule has 1 saturated carbocycles. The molecule has 12 heteroatoms. The maximum Gasteiger partial charge on any atom is 0.417 e. The highest BCUT2D eigenvalue weighted by molar-refractivity contribution is 7.90. The number of aromatic nitrogens is 2. The highest BCUT2D eigenvalue weighted by Gasteiger charge is 2.41. The van der Waals surface area contributed by atoms with Gasteiger partial charge < -0.3 is 10.5 Å². The van der Waals surface area contributed by atoms with Crippen molar-refractivity contribution in [2.24, 2.45) is 0 Å². The molecule has 4 rings (SSSR count). The molecule has 0 radical (unpaired) electrons. The second-order valence-corrected chi connectivity index (χ2v) is 10.3. The first-order valence-corrected chi connectivity index (χ1v) is 12.4. The number of nitrogens with two attached hydrogens (primary N) is 1. The Morgan fingerprint density at radius 2 is 1.72 bits per heavy atom. The molecule has 2 heterocycles. The fraction of sp³-hybridized carbons (Fsp3) is 0.292. The summed E-state index contributed by atoms with van der Waals surface area (Å²) in [5.74, 6) is -2.31. The summed E-state index contributed by atoms with van der Waals surface area (Å²) in [6, 6.07) is 7.98. The van der Waals surface area contributed by atoms with E-state index in [1.54, 1.807) is 30.7 Å². The van der Waals surface area contributed by atoms with Crippen molar-refractivity contribution in [1.82, 2.24) is 14.7 Å². The SMILES string of the molecule is Cc1cc(C)c(Oc2nc(C3CC3)cc(C(F)(F)F)c2C(=O)NS(=O)(=O)c2cccc(N)n2)c(C)c1. The minimum absolute atomic E-state index is 0.122. The van der Waals surface area contributed by atoms with Gasteiger partial charge in [0.05, 0.1) is 5.56 Å². The zero-order valence-electron chi connectivity index (χ0n) is 19.6. The molecule has 2 aromatic heterocycles. The molecule has 0 saturated heterocycles. The van der Waals surface area contributed by atoms with Gasteiger partial charge in [-0.05, 0) is 62.9 Å². The number of nitrogens with one attached hydrogen (secondary N) is 1. The Bertz CT molecular complexity index is 1450. The summed E-state index contributed by atoms with van der Waals surface area (Å²) in [5.41, 5.74) is 5.38. The number of ether oxygens (including phenoxy) is 1. The predicted molar refractivity (Wildman–Crippen MR) is 125 cm³/mol. The van der Waals surface area contributed by atoms with Crippen molar-refractivity contribution in [2.45, 2.75) is 50.7 Å². The quantitative estimate of drug-likeness (QED) is 0.479. The minimum atomic E-state index is -4.99. The van der Waals surface area contributed by atoms with Gasteiger partial charge in [-0.15, -0.1) is 0 Å². The third kappa shape index (κ3) is 5.27. The summed E-state index contributed by atoms with van der Waals surface area (Å²) in [4.78, 5) is 21.0. The van der Waals surface area contributed by atoms with Crippen LogP contribution in [0.15, 0.2) is 41.4 Å². The standard InChI is InChI=1S/C24H23F3N4O4S/c1-12-9-13(2)21(14(3)10-12)35-23-20(16(24(25,26)27)11-17(29-23)15-7-8-15)22(32)31-36(33,34)19-6-4-5-18(28)30-19/h4-6,9-11,15H,7-8H2,1-3H3,(H2,28,30)(H,31,32). The molecule has 36 heavy (non-hydrogen) atoms. The molecular formula is C24H23F3N4O4S. The summed E-state index contributed by atoms with van der Waals surface area (Å²) < 4.78 is 75.5. The lowest BCUT2D eigenvalue weighted by Crippen LogP contribution is -2.33. The van der Waals surface area contributed by atoms with E-state index in [1.165, 1.54) is 12.1 Å². The minimum Gasteiger partial charge on any atom is -0.438 e. The highest BCUT2D eigenvalue weighted by atomic mass is 32.2. The van der Waals surface area contributed by atoms with Gasteiger partial charge in [-0.1, -0.05) is 23.8 Å². The van der Waals surface area contributed by atoms with Crippen LogP contribution >= 0.6 is 0 Å². The second-order valence-electron chi connectivity index (χ2n) is 8.71. The van der Waals surface area contributed by atoms with Crippen molar-refractivity contribution < 1.29 is 31.1 Å². The lowest BCUT2D eigenvalue weighted by molar-refractivity contribution is -0.138. The summed E-state index contributed by atoms with van der Waals surface area (Å²) in [7, 11) is -4.66. The smallest absolute Gasteiger partial charge is 0.417 e. The first-order valence-electron chi connectivity index (χ1n) is 10.9. The van der Waals surface area contributed by atoms with Crippen LogP contribution in [0.3, 0.4) is 0 Å². The van der Waals surface area contributed by atoms with Gasteiger partial charge in [-0.2, -0.15) is 21.6 Å². The van der Waals surface area contributed by atoms with Crippen molar-refractivity contribution in [3.63, 3.8) is 0 Å². The van der Waals surface area contributed by atoms with E-state index in [2.05, 4.69) is 9.97 Å². The van der Waals surface area contributed by atoms with Crippen LogP contribution < -0.4 is 15.2 Å². The van der Waals surface area contributed by atoms with Crippen LogP contribution in [0, 0.1) is 20.8 Å². The summed E-state index contributed by atoms with van der Waals surface area (Å²) in [6.07, 6.45) is -3.70. The van der Waals surface area contributed by atoms with E-state index < -0.39 is 44.1 Å². The molecule has 1 aliphatic carbocycles. The van der Waals surface area contributed by atoms with E-state index in [9.17, 15) is 26.4 Å². The van der Waals surface area contributed by atoms with Gasteiger partial charge in [-0.25, -0.2) is 14.7 Å². The molecule has 3 aromatic rings. The second kappa shape index (κ2) is 9.08. The lowest BCUT2D eigenvalue weighted by atomic mass is 10.0. The summed E-state index contributed by atoms with van der Waals surface area (Å²) in [5, 5.41) is -0.625. The predicted octanol–water partition coefficient (Wildman–Crippen LogP) is 4.79. The average Bonchev–Trinajstić information content (AvgIpc) is 3.60. The molecule has 0 atom stereocenters. The van der Waals surface area contributed by atoms with Gasteiger partial charge >= 0.3 is 6.18 Å². The Hall–Kier alpha value is -3.67. The maximum atomic E-state index is 14.2. The molecule has 0 spiro atoms. The number of rotatable bonds is 6. The highest BCUT2D eigenvalue weighted by Crippen LogP contribution is 2.45. The van der Waals surface area contributed by atoms with E-state index in [0.717, 1.165) is 17.7 Å². The number of pyridine rings is 2. The maximum absolute atomic E-state index is 14.2. The first-order chi connectivity index (χ1) is 16.8. The Morgan fingerprint density at radius 3 is 2.28 bits per heavy atom. The Kier molecular flexibility index (Phi) is 6.41. The largest absolute Gasteiger partial charge is 0.438 e. The fourth-order valence-electron chi connectivity index (χ4n) is 3.88. The van der Waals surface area contributed by atoms with Crippen LogP contribution in [0.4, 0.5) is 19.0 Å². The molecule has 8 nitrogen and oxygen atoms in total. The Morgan fingerprint density at radius 1 is 1.08 bits per heavy atom.